The molecule has 1 aromatic heterocycles. The van der Waals surface area contributed by atoms with Crippen molar-refractivity contribution in [3.8, 4) is 5.75 Å². The first kappa shape index (κ1) is 13.9. The number of aromatic nitrogens is 1. The van der Waals surface area contributed by atoms with Crippen molar-refractivity contribution in [2.45, 2.75) is 13.0 Å². The molecule has 0 bridgehead atoms. The number of ether oxygens (including phenoxy) is 1. The fourth-order valence-corrected chi connectivity index (χ4v) is 2.22. The molecular formula is C14H15IN2O2. The maximum absolute atomic E-state index is 11.5. The van der Waals surface area contributed by atoms with Gasteiger partial charge in [-0.05, 0) is 53.3 Å². The first-order valence-corrected chi connectivity index (χ1v) is 7.07. The average molecular weight is 370 g/mol. The lowest BCUT2D eigenvalue weighted by atomic mass is 10.3. The van der Waals surface area contributed by atoms with Gasteiger partial charge in [-0.1, -0.05) is 6.07 Å². The van der Waals surface area contributed by atoms with Crippen LogP contribution in [0.4, 0.5) is 5.69 Å². The van der Waals surface area contributed by atoms with E-state index in [0.717, 1.165) is 15.7 Å². The molecule has 1 heterocycles. The number of nitrogens with zero attached hydrogens (tertiary/aromatic N) is 1. The molecular weight excluding hydrogens is 355 g/mol. The van der Waals surface area contributed by atoms with Crippen LogP contribution in [0.15, 0.2) is 47.4 Å². The number of aryl methyl sites for hydroxylation is 1. The van der Waals surface area contributed by atoms with E-state index < -0.39 is 0 Å². The van der Waals surface area contributed by atoms with E-state index in [1.54, 1.807) is 16.8 Å². The quantitative estimate of drug-likeness (QED) is 0.650. The van der Waals surface area contributed by atoms with Gasteiger partial charge in [-0.25, -0.2) is 0 Å². The van der Waals surface area contributed by atoms with E-state index in [1.807, 2.05) is 24.3 Å². The third kappa shape index (κ3) is 4.27. The lowest BCUT2D eigenvalue weighted by Crippen LogP contribution is -2.20. The molecule has 0 aliphatic rings. The fourth-order valence-electron chi connectivity index (χ4n) is 1.71. The van der Waals surface area contributed by atoms with Crippen molar-refractivity contribution >= 4 is 28.3 Å². The van der Waals surface area contributed by atoms with Crippen molar-refractivity contribution in [3.05, 3.63) is 56.5 Å². The summed E-state index contributed by atoms with van der Waals surface area (Å²) >= 11 is 2.24. The molecule has 0 radical (unpaired) electrons. The van der Waals surface area contributed by atoms with Crippen LogP contribution < -0.4 is 16.0 Å². The summed E-state index contributed by atoms with van der Waals surface area (Å²) in [6.45, 7) is 1.18. The summed E-state index contributed by atoms with van der Waals surface area (Å²) in [5.41, 5.74) is 6.20. The summed E-state index contributed by atoms with van der Waals surface area (Å²) in [5, 5.41) is 0. The number of hydrogen-bond acceptors (Lipinski definition) is 3. The first-order valence-electron chi connectivity index (χ1n) is 5.99. The van der Waals surface area contributed by atoms with Crippen LogP contribution in [-0.4, -0.2) is 11.2 Å². The van der Waals surface area contributed by atoms with E-state index in [4.69, 9.17) is 10.5 Å². The molecule has 5 heteroatoms. The SMILES string of the molecule is Nc1ccc(=O)n(CCCOc2cccc(I)c2)c1. The van der Waals surface area contributed by atoms with Crippen LogP contribution in [0, 0.1) is 3.57 Å². The topological polar surface area (TPSA) is 57.2 Å². The molecule has 0 unspecified atom stereocenters. The van der Waals surface area contributed by atoms with Crippen molar-refractivity contribution in [3.63, 3.8) is 0 Å². The Labute approximate surface area is 125 Å². The van der Waals surface area contributed by atoms with Crippen LogP contribution in [0.3, 0.4) is 0 Å². The summed E-state index contributed by atoms with van der Waals surface area (Å²) in [7, 11) is 0. The maximum atomic E-state index is 11.5. The van der Waals surface area contributed by atoms with Gasteiger partial charge in [-0.3, -0.25) is 4.79 Å². The van der Waals surface area contributed by atoms with Gasteiger partial charge in [0.25, 0.3) is 5.56 Å². The second kappa shape index (κ2) is 6.60. The van der Waals surface area contributed by atoms with Crippen molar-refractivity contribution in [2.75, 3.05) is 12.3 Å². The Morgan fingerprint density at radius 2 is 2.11 bits per heavy atom. The summed E-state index contributed by atoms with van der Waals surface area (Å²) in [6, 6.07) is 11.0. The van der Waals surface area contributed by atoms with E-state index in [9.17, 15) is 4.79 Å². The largest absolute Gasteiger partial charge is 0.493 e. The molecule has 2 rings (SSSR count). The van der Waals surface area contributed by atoms with E-state index in [-0.39, 0.29) is 5.56 Å². The molecule has 2 aromatic rings. The molecule has 0 fully saturated rings. The van der Waals surface area contributed by atoms with Gasteiger partial charge in [0.1, 0.15) is 5.75 Å². The molecule has 0 amide bonds. The highest BCUT2D eigenvalue weighted by Crippen LogP contribution is 2.14. The summed E-state index contributed by atoms with van der Waals surface area (Å²) in [4.78, 5) is 11.5. The molecule has 0 atom stereocenters. The zero-order chi connectivity index (χ0) is 13.7. The molecule has 0 saturated heterocycles. The smallest absolute Gasteiger partial charge is 0.250 e. The number of benzene rings is 1. The Bertz CT molecular complexity index is 610. The predicted molar refractivity (Wildman–Crippen MR) is 84.4 cm³/mol. The van der Waals surface area contributed by atoms with Crippen LogP contribution >= 0.6 is 22.6 Å². The van der Waals surface area contributed by atoms with Gasteiger partial charge in [-0.15, -0.1) is 0 Å². The Hall–Kier alpha value is -1.50. The minimum atomic E-state index is -0.0385. The minimum Gasteiger partial charge on any atom is -0.493 e. The molecule has 19 heavy (non-hydrogen) atoms. The van der Waals surface area contributed by atoms with Gasteiger partial charge in [-0.2, -0.15) is 0 Å². The van der Waals surface area contributed by atoms with E-state index in [2.05, 4.69) is 22.6 Å². The van der Waals surface area contributed by atoms with Gasteiger partial charge in [0.15, 0.2) is 0 Å². The van der Waals surface area contributed by atoms with E-state index >= 15 is 0 Å². The lowest BCUT2D eigenvalue weighted by Gasteiger charge is -2.08. The third-order valence-corrected chi connectivity index (χ3v) is 3.29. The second-order valence-electron chi connectivity index (χ2n) is 4.15. The standard InChI is InChI=1S/C14H15IN2O2/c15-11-3-1-4-13(9-11)19-8-2-7-17-10-12(16)5-6-14(17)18/h1,3-6,9-10H,2,7-8,16H2. The zero-order valence-corrected chi connectivity index (χ0v) is 12.5. The Morgan fingerprint density at radius 3 is 2.89 bits per heavy atom. The Kier molecular flexibility index (Phi) is 4.84. The molecule has 100 valence electrons. The predicted octanol–water partition coefficient (Wildman–Crippen LogP) is 2.50. The van der Waals surface area contributed by atoms with Crippen LogP contribution in [0.25, 0.3) is 0 Å². The molecule has 0 aliphatic carbocycles. The highest BCUT2D eigenvalue weighted by molar-refractivity contribution is 14.1. The van der Waals surface area contributed by atoms with E-state index in [0.29, 0.717) is 18.8 Å². The third-order valence-electron chi connectivity index (χ3n) is 2.61. The first-order chi connectivity index (χ1) is 9.15. The lowest BCUT2D eigenvalue weighted by molar-refractivity contribution is 0.301. The monoisotopic (exact) mass is 370 g/mol. The molecule has 1 aromatic carbocycles. The molecule has 4 nitrogen and oxygen atoms in total. The van der Waals surface area contributed by atoms with Crippen molar-refractivity contribution in [1.82, 2.24) is 4.57 Å². The molecule has 0 spiro atoms. The number of rotatable bonds is 5. The van der Waals surface area contributed by atoms with Gasteiger partial charge in [0, 0.05) is 28.1 Å². The van der Waals surface area contributed by atoms with E-state index in [1.165, 1.54) is 6.07 Å². The van der Waals surface area contributed by atoms with Crippen LogP contribution in [0.5, 0.6) is 5.75 Å². The fraction of sp³-hybridized carbons (Fsp3) is 0.214. The normalized spacial score (nSPS) is 10.4. The summed E-state index contributed by atoms with van der Waals surface area (Å²) < 4.78 is 8.37. The second-order valence-corrected chi connectivity index (χ2v) is 5.40. The highest BCUT2D eigenvalue weighted by atomic mass is 127. The van der Waals surface area contributed by atoms with Gasteiger partial charge >= 0.3 is 0 Å². The van der Waals surface area contributed by atoms with Crippen LogP contribution in [0.1, 0.15) is 6.42 Å². The maximum Gasteiger partial charge on any atom is 0.250 e. The van der Waals surface area contributed by atoms with Crippen molar-refractivity contribution in [2.24, 2.45) is 0 Å². The number of nitrogens with two attached hydrogens (primary N) is 1. The number of hydrogen-bond donors (Lipinski definition) is 1. The highest BCUT2D eigenvalue weighted by Gasteiger charge is 1.98. The summed E-state index contributed by atoms with van der Waals surface area (Å²) in [6.07, 6.45) is 2.42. The number of pyridine rings is 1. The average Bonchev–Trinajstić information content (AvgIpc) is 2.39. The van der Waals surface area contributed by atoms with Gasteiger partial charge < -0.3 is 15.0 Å². The number of nitrogen functional groups attached to an aromatic ring is 1. The Morgan fingerprint density at radius 1 is 1.26 bits per heavy atom. The minimum absolute atomic E-state index is 0.0385. The van der Waals surface area contributed by atoms with Crippen molar-refractivity contribution in [1.29, 1.82) is 0 Å². The number of anilines is 1. The number of halogens is 1. The van der Waals surface area contributed by atoms with Gasteiger partial charge in [0.05, 0.1) is 6.61 Å². The zero-order valence-electron chi connectivity index (χ0n) is 10.4. The summed E-state index contributed by atoms with van der Waals surface area (Å²) in [5.74, 6) is 0.854. The molecule has 0 saturated carbocycles. The molecule has 0 aliphatic heterocycles. The Balaban J connectivity index is 1.84. The van der Waals surface area contributed by atoms with Crippen LogP contribution in [0.2, 0.25) is 0 Å². The van der Waals surface area contributed by atoms with Crippen LogP contribution in [-0.2, 0) is 6.54 Å². The van der Waals surface area contributed by atoms with Gasteiger partial charge in [0.2, 0.25) is 0 Å². The molecule has 2 N–H and O–H groups in total. The van der Waals surface area contributed by atoms with Crippen molar-refractivity contribution < 1.29 is 4.74 Å².